The maximum absolute atomic E-state index is 6.15. The number of ether oxygens (including phenoxy) is 3. The second-order valence-corrected chi connectivity index (χ2v) is 7.37. The van der Waals surface area contributed by atoms with E-state index in [1.165, 1.54) is 0 Å². The highest BCUT2D eigenvalue weighted by atomic mass is 16.5. The molecule has 4 aromatic rings. The standard InChI is InChI=1S/C28H26O3/c1-22-27(30-20-24-13-7-3-8-14-24)17-26(29-19-23-11-5-2-6-12-23)18-28(22)31-21-25-15-9-4-10-16-25/h2-18H,19-21H2,1H3. The summed E-state index contributed by atoms with van der Waals surface area (Å²) in [7, 11) is 0. The summed E-state index contributed by atoms with van der Waals surface area (Å²) in [5.74, 6) is 2.25. The zero-order valence-corrected chi connectivity index (χ0v) is 17.7. The van der Waals surface area contributed by atoms with Crippen LogP contribution in [0.4, 0.5) is 0 Å². The van der Waals surface area contributed by atoms with E-state index in [1.807, 2.05) is 85.8 Å². The van der Waals surface area contributed by atoms with Crippen LogP contribution in [-0.2, 0) is 19.8 Å². The van der Waals surface area contributed by atoms with Crippen molar-refractivity contribution in [3.63, 3.8) is 0 Å². The second kappa shape index (κ2) is 10.4. The topological polar surface area (TPSA) is 27.7 Å². The summed E-state index contributed by atoms with van der Waals surface area (Å²) in [6, 6.07) is 34.3. The second-order valence-electron chi connectivity index (χ2n) is 7.37. The Kier molecular flexibility index (Phi) is 6.86. The molecule has 0 radical (unpaired) electrons. The molecule has 0 N–H and O–H groups in total. The number of hydrogen-bond acceptors (Lipinski definition) is 3. The first-order chi connectivity index (χ1) is 15.3. The number of rotatable bonds is 9. The third-order valence-electron chi connectivity index (χ3n) is 5.01. The molecule has 0 fully saturated rings. The summed E-state index contributed by atoms with van der Waals surface area (Å²) in [6.45, 7) is 3.48. The molecule has 0 amide bonds. The van der Waals surface area contributed by atoms with Gasteiger partial charge in [-0.05, 0) is 23.6 Å². The molecule has 0 bridgehead atoms. The molecule has 0 aliphatic heterocycles. The first-order valence-electron chi connectivity index (χ1n) is 10.4. The van der Waals surface area contributed by atoms with E-state index in [9.17, 15) is 0 Å². The lowest BCUT2D eigenvalue weighted by atomic mass is 10.1. The van der Waals surface area contributed by atoms with Crippen LogP contribution in [0.2, 0.25) is 0 Å². The summed E-state index contributed by atoms with van der Waals surface area (Å²) >= 11 is 0. The van der Waals surface area contributed by atoms with Crippen LogP contribution in [0.5, 0.6) is 17.2 Å². The van der Waals surface area contributed by atoms with Crippen molar-refractivity contribution in [1.82, 2.24) is 0 Å². The molecule has 0 aromatic heterocycles. The molecular formula is C28H26O3. The Bertz CT molecular complexity index is 1010. The largest absolute Gasteiger partial charge is 0.489 e. The zero-order valence-electron chi connectivity index (χ0n) is 17.7. The highest BCUT2D eigenvalue weighted by Gasteiger charge is 2.12. The molecule has 0 spiro atoms. The molecule has 0 unspecified atom stereocenters. The average molecular weight is 411 g/mol. The van der Waals surface area contributed by atoms with Crippen molar-refractivity contribution in [2.75, 3.05) is 0 Å². The minimum Gasteiger partial charge on any atom is -0.489 e. The molecule has 0 aliphatic rings. The molecule has 156 valence electrons. The van der Waals surface area contributed by atoms with Gasteiger partial charge in [-0.2, -0.15) is 0 Å². The fraction of sp³-hybridized carbons (Fsp3) is 0.143. The Morgan fingerprint density at radius 3 is 1.23 bits per heavy atom. The quantitative estimate of drug-likeness (QED) is 0.306. The predicted molar refractivity (Wildman–Crippen MR) is 124 cm³/mol. The van der Waals surface area contributed by atoms with Gasteiger partial charge in [-0.1, -0.05) is 91.0 Å². The van der Waals surface area contributed by atoms with Crippen LogP contribution >= 0.6 is 0 Å². The van der Waals surface area contributed by atoms with Crippen molar-refractivity contribution < 1.29 is 14.2 Å². The van der Waals surface area contributed by atoms with Gasteiger partial charge in [0.25, 0.3) is 0 Å². The van der Waals surface area contributed by atoms with Crippen molar-refractivity contribution in [3.05, 3.63) is 125 Å². The molecule has 0 saturated carbocycles. The summed E-state index contributed by atoms with van der Waals surface area (Å²) in [5, 5.41) is 0. The van der Waals surface area contributed by atoms with E-state index in [4.69, 9.17) is 14.2 Å². The summed E-state index contributed by atoms with van der Waals surface area (Å²) < 4.78 is 18.4. The van der Waals surface area contributed by atoms with Crippen molar-refractivity contribution in [1.29, 1.82) is 0 Å². The van der Waals surface area contributed by atoms with Gasteiger partial charge in [-0.3, -0.25) is 0 Å². The lowest BCUT2D eigenvalue weighted by Crippen LogP contribution is -2.03. The van der Waals surface area contributed by atoms with E-state index in [1.54, 1.807) is 0 Å². The minimum absolute atomic E-state index is 0.486. The van der Waals surface area contributed by atoms with Crippen LogP contribution in [0.25, 0.3) is 0 Å². The van der Waals surface area contributed by atoms with E-state index in [0.29, 0.717) is 19.8 Å². The van der Waals surface area contributed by atoms with Crippen LogP contribution in [0.15, 0.2) is 103 Å². The van der Waals surface area contributed by atoms with Gasteiger partial charge in [-0.25, -0.2) is 0 Å². The van der Waals surface area contributed by atoms with Gasteiger partial charge in [0.05, 0.1) is 0 Å². The maximum atomic E-state index is 6.15. The fourth-order valence-corrected chi connectivity index (χ4v) is 3.23. The summed E-state index contributed by atoms with van der Waals surface area (Å²) in [6.07, 6.45) is 0. The average Bonchev–Trinajstić information content (AvgIpc) is 2.83. The number of benzene rings is 4. The highest BCUT2D eigenvalue weighted by Crippen LogP contribution is 2.35. The molecule has 0 aliphatic carbocycles. The van der Waals surface area contributed by atoms with E-state index in [-0.39, 0.29) is 0 Å². The molecule has 31 heavy (non-hydrogen) atoms. The third kappa shape index (κ3) is 5.89. The fourth-order valence-electron chi connectivity index (χ4n) is 3.23. The van der Waals surface area contributed by atoms with Crippen molar-refractivity contribution in [2.24, 2.45) is 0 Å². The number of hydrogen-bond donors (Lipinski definition) is 0. The Hall–Kier alpha value is -3.72. The molecule has 4 rings (SSSR count). The van der Waals surface area contributed by atoms with E-state index < -0.39 is 0 Å². The monoisotopic (exact) mass is 410 g/mol. The lowest BCUT2D eigenvalue weighted by Gasteiger charge is -2.17. The Morgan fingerprint density at radius 2 is 0.839 bits per heavy atom. The molecule has 4 aromatic carbocycles. The van der Waals surface area contributed by atoms with Crippen LogP contribution < -0.4 is 14.2 Å². The van der Waals surface area contributed by atoms with Crippen LogP contribution in [0.3, 0.4) is 0 Å². The molecule has 0 heterocycles. The normalized spacial score (nSPS) is 10.5. The van der Waals surface area contributed by atoms with Gasteiger partial charge in [0.2, 0.25) is 0 Å². The van der Waals surface area contributed by atoms with Gasteiger partial charge in [0.15, 0.2) is 0 Å². The summed E-state index contributed by atoms with van der Waals surface area (Å²) in [4.78, 5) is 0. The Balaban J connectivity index is 1.54. The SMILES string of the molecule is Cc1c(OCc2ccccc2)cc(OCc2ccccc2)cc1OCc1ccccc1. The lowest BCUT2D eigenvalue weighted by molar-refractivity contribution is 0.272. The molecule has 0 saturated heterocycles. The smallest absolute Gasteiger partial charge is 0.130 e. The van der Waals surface area contributed by atoms with Gasteiger partial charge in [-0.15, -0.1) is 0 Å². The Labute approximate surface area is 183 Å². The molecule has 3 nitrogen and oxygen atoms in total. The van der Waals surface area contributed by atoms with Gasteiger partial charge in [0.1, 0.15) is 37.1 Å². The van der Waals surface area contributed by atoms with Gasteiger partial charge >= 0.3 is 0 Å². The highest BCUT2D eigenvalue weighted by molar-refractivity contribution is 5.50. The first-order valence-corrected chi connectivity index (χ1v) is 10.4. The van der Waals surface area contributed by atoms with Crippen LogP contribution in [0, 0.1) is 6.92 Å². The van der Waals surface area contributed by atoms with Gasteiger partial charge < -0.3 is 14.2 Å². The Morgan fingerprint density at radius 1 is 0.484 bits per heavy atom. The first kappa shape index (κ1) is 20.5. The molecule has 3 heteroatoms. The van der Waals surface area contributed by atoms with E-state index in [2.05, 4.69) is 24.3 Å². The van der Waals surface area contributed by atoms with E-state index >= 15 is 0 Å². The third-order valence-corrected chi connectivity index (χ3v) is 5.01. The van der Waals surface area contributed by atoms with Crippen LogP contribution in [0.1, 0.15) is 22.3 Å². The predicted octanol–water partition coefficient (Wildman–Crippen LogP) is 6.73. The van der Waals surface area contributed by atoms with Gasteiger partial charge in [0, 0.05) is 17.7 Å². The summed E-state index contributed by atoms with van der Waals surface area (Å²) in [5.41, 5.74) is 4.30. The van der Waals surface area contributed by atoms with E-state index in [0.717, 1.165) is 39.5 Å². The molecule has 0 atom stereocenters. The maximum Gasteiger partial charge on any atom is 0.130 e. The molecular weight excluding hydrogens is 384 g/mol. The van der Waals surface area contributed by atoms with Crippen molar-refractivity contribution >= 4 is 0 Å². The van der Waals surface area contributed by atoms with Crippen molar-refractivity contribution in [2.45, 2.75) is 26.7 Å². The minimum atomic E-state index is 0.486. The van der Waals surface area contributed by atoms with Crippen LogP contribution in [-0.4, -0.2) is 0 Å². The van der Waals surface area contributed by atoms with Crippen molar-refractivity contribution in [3.8, 4) is 17.2 Å². The zero-order chi connectivity index (χ0) is 21.3.